The molecule has 1 aromatic rings. The monoisotopic (exact) mass is 276 g/mol. The van der Waals surface area contributed by atoms with E-state index in [0.717, 1.165) is 12.1 Å². The molecule has 2 atom stereocenters. The summed E-state index contributed by atoms with van der Waals surface area (Å²) in [6.45, 7) is 0. The summed E-state index contributed by atoms with van der Waals surface area (Å²) in [5.74, 6) is -1.56. The van der Waals surface area contributed by atoms with Crippen molar-refractivity contribution in [3.05, 3.63) is 35.1 Å². The van der Waals surface area contributed by atoms with Gasteiger partial charge in [-0.05, 0) is 29.7 Å². The third-order valence-electron chi connectivity index (χ3n) is 2.54. The molecule has 0 fully saturated rings. The predicted octanol–water partition coefficient (Wildman–Crippen LogP) is 1.48. The fraction of sp³-hybridized carbons (Fsp3) is 0.417. The van der Waals surface area contributed by atoms with Gasteiger partial charge in [0.25, 0.3) is 0 Å². The van der Waals surface area contributed by atoms with E-state index in [9.17, 15) is 19.4 Å². The van der Waals surface area contributed by atoms with Crippen LogP contribution in [-0.2, 0) is 11.2 Å². The van der Waals surface area contributed by atoms with Crippen LogP contribution in [0.25, 0.3) is 0 Å². The Morgan fingerprint density at radius 3 is 2.61 bits per heavy atom. The third-order valence-corrected chi connectivity index (χ3v) is 2.76. The molecule has 3 N–H and O–H groups in total. The first kappa shape index (κ1) is 14.9. The van der Waals surface area contributed by atoms with E-state index in [1.165, 1.54) is 6.07 Å². The van der Waals surface area contributed by atoms with E-state index in [1.807, 2.05) is 0 Å². The van der Waals surface area contributed by atoms with Gasteiger partial charge in [-0.2, -0.15) is 0 Å². The first-order valence-corrected chi connectivity index (χ1v) is 5.91. The van der Waals surface area contributed by atoms with Crippen molar-refractivity contribution in [2.24, 2.45) is 0 Å². The number of benzene rings is 1. The van der Waals surface area contributed by atoms with Crippen molar-refractivity contribution in [2.45, 2.75) is 25.0 Å². The number of rotatable bonds is 6. The van der Waals surface area contributed by atoms with Crippen LogP contribution in [0.15, 0.2) is 18.2 Å². The van der Waals surface area contributed by atoms with Gasteiger partial charge in [0.2, 0.25) is 0 Å². The first-order chi connectivity index (χ1) is 8.45. The lowest BCUT2D eigenvalue weighted by Crippen LogP contribution is -2.21. The standard InChI is InChI=1S/C12H14ClFO4/c13-4-3-10(15)12(18)9-6-8(14)2-1-7(9)5-11(16)17/h1-2,6,10,12,15,18H,3-5H2,(H,16,17). The van der Waals surface area contributed by atoms with E-state index in [0.29, 0.717) is 0 Å². The van der Waals surface area contributed by atoms with E-state index in [2.05, 4.69) is 0 Å². The highest BCUT2D eigenvalue weighted by Gasteiger charge is 2.22. The molecule has 1 rings (SSSR count). The van der Waals surface area contributed by atoms with Crippen LogP contribution in [0.1, 0.15) is 23.7 Å². The summed E-state index contributed by atoms with van der Waals surface area (Å²) in [6, 6.07) is 3.43. The average molecular weight is 277 g/mol. The molecule has 18 heavy (non-hydrogen) atoms. The van der Waals surface area contributed by atoms with E-state index in [-0.39, 0.29) is 29.8 Å². The highest BCUT2D eigenvalue weighted by atomic mass is 35.5. The minimum Gasteiger partial charge on any atom is -0.481 e. The molecular formula is C12H14ClFO4. The summed E-state index contributed by atoms with van der Waals surface area (Å²) < 4.78 is 13.1. The molecule has 0 amide bonds. The Hall–Kier alpha value is -1.17. The summed E-state index contributed by atoms with van der Waals surface area (Å²) in [6.07, 6.45) is -2.72. The number of carboxylic acid groups (broad SMARTS) is 1. The minimum atomic E-state index is -1.35. The maximum Gasteiger partial charge on any atom is 0.307 e. The van der Waals surface area contributed by atoms with Gasteiger partial charge in [-0.1, -0.05) is 6.07 Å². The van der Waals surface area contributed by atoms with E-state index in [1.54, 1.807) is 0 Å². The smallest absolute Gasteiger partial charge is 0.307 e. The van der Waals surface area contributed by atoms with Crippen molar-refractivity contribution in [1.82, 2.24) is 0 Å². The molecular weight excluding hydrogens is 263 g/mol. The zero-order chi connectivity index (χ0) is 13.7. The summed E-state index contributed by atoms with van der Waals surface area (Å²) in [4.78, 5) is 10.7. The van der Waals surface area contributed by atoms with Crippen LogP contribution in [0.3, 0.4) is 0 Å². The molecule has 0 saturated carbocycles. The second kappa shape index (κ2) is 6.68. The minimum absolute atomic E-state index is 0.0787. The van der Waals surface area contributed by atoms with Crippen LogP contribution in [0.4, 0.5) is 4.39 Å². The summed E-state index contributed by atoms with van der Waals surface area (Å²) in [5.41, 5.74) is 0.347. The Balaban J connectivity index is 3.03. The molecule has 0 aliphatic rings. The quantitative estimate of drug-likeness (QED) is 0.688. The summed E-state index contributed by atoms with van der Waals surface area (Å²) >= 11 is 5.44. The van der Waals surface area contributed by atoms with Crippen molar-refractivity contribution in [3.8, 4) is 0 Å². The fourth-order valence-electron chi connectivity index (χ4n) is 1.64. The van der Waals surface area contributed by atoms with E-state index < -0.39 is 24.0 Å². The van der Waals surface area contributed by atoms with Crippen molar-refractivity contribution in [2.75, 3.05) is 5.88 Å². The Bertz CT molecular complexity index is 425. The van der Waals surface area contributed by atoms with Gasteiger partial charge in [0.15, 0.2) is 0 Å². The second-order valence-electron chi connectivity index (χ2n) is 3.90. The number of hydrogen-bond acceptors (Lipinski definition) is 3. The van der Waals surface area contributed by atoms with Gasteiger partial charge in [-0.3, -0.25) is 4.79 Å². The van der Waals surface area contributed by atoms with Gasteiger partial charge >= 0.3 is 5.97 Å². The third kappa shape index (κ3) is 3.94. The van der Waals surface area contributed by atoms with Crippen molar-refractivity contribution >= 4 is 17.6 Å². The second-order valence-corrected chi connectivity index (χ2v) is 4.28. The maximum absolute atomic E-state index is 13.1. The van der Waals surface area contributed by atoms with E-state index in [4.69, 9.17) is 16.7 Å². The van der Waals surface area contributed by atoms with Crippen molar-refractivity contribution in [3.63, 3.8) is 0 Å². The highest BCUT2D eigenvalue weighted by Crippen LogP contribution is 2.24. The van der Waals surface area contributed by atoms with Crippen LogP contribution in [0.2, 0.25) is 0 Å². The molecule has 0 saturated heterocycles. The Morgan fingerprint density at radius 1 is 1.39 bits per heavy atom. The molecule has 100 valence electrons. The zero-order valence-corrected chi connectivity index (χ0v) is 10.3. The Morgan fingerprint density at radius 2 is 2.06 bits per heavy atom. The normalized spacial score (nSPS) is 14.2. The molecule has 0 bridgehead atoms. The summed E-state index contributed by atoms with van der Waals surface area (Å²) in [7, 11) is 0. The number of carboxylic acids is 1. The lowest BCUT2D eigenvalue weighted by molar-refractivity contribution is -0.136. The highest BCUT2D eigenvalue weighted by molar-refractivity contribution is 6.17. The molecule has 0 radical (unpaired) electrons. The Labute approximate surface area is 109 Å². The van der Waals surface area contributed by atoms with Crippen LogP contribution >= 0.6 is 11.6 Å². The molecule has 2 unspecified atom stereocenters. The van der Waals surface area contributed by atoms with E-state index >= 15 is 0 Å². The van der Waals surface area contributed by atoms with Crippen molar-refractivity contribution in [1.29, 1.82) is 0 Å². The molecule has 4 nitrogen and oxygen atoms in total. The number of hydrogen-bond donors (Lipinski definition) is 3. The van der Waals surface area contributed by atoms with Crippen molar-refractivity contribution < 1.29 is 24.5 Å². The zero-order valence-electron chi connectivity index (χ0n) is 9.51. The number of halogens is 2. The first-order valence-electron chi connectivity index (χ1n) is 5.38. The predicted molar refractivity (Wildman–Crippen MR) is 64.0 cm³/mol. The topological polar surface area (TPSA) is 77.8 Å². The SMILES string of the molecule is O=C(O)Cc1ccc(F)cc1C(O)C(O)CCCl. The molecule has 1 aromatic carbocycles. The number of carbonyl (C=O) groups is 1. The fourth-order valence-corrected chi connectivity index (χ4v) is 1.87. The van der Waals surface area contributed by atoms with Gasteiger partial charge in [-0.25, -0.2) is 4.39 Å². The number of alkyl halides is 1. The number of aliphatic hydroxyl groups is 2. The largest absolute Gasteiger partial charge is 0.481 e. The van der Waals surface area contributed by atoms with Crippen LogP contribution in [0.5, 0.6) is 0 Å². The Kier molecular flexibility index (Phi) is 5.53. The van der Waals surface area contributed by atoms with Crippen LogP contribution < -0.4 is 0 Å². The van der Waals surface area contributed by atoms with Crippen LogP contribution in [0, 0.1) is 5.82 Å². The van der Waals surface area contributed by atoms with Gasteiger partial charge in [-0.15, -0.1) is 11.6 Å². The average Bonchev–Trinajstić information content (AvgIpc) is 2.30. The van der Waals surface area contributed by atoms with Gasteiger partial charge in [0.05, 0.1) is 12.5 Å². The van der Waals surface area contributed by atoms with Gasteiger partial charge in [0.1, 0.15) is 11.9 Å². The molecule has 6 heteroatoms. The lowest BCUT2D eigenvalue weighted by atomic mass is 9.95. The maximum atomic E-state index is 13.1. The molecule has 0 aromatic heterocycles. The van der Waals surface area contributed by atoms with Gasteiger partial charge in [0, 0.05) is 5.88 Å². The van der Waals surface area contributed by atoms with Crippen LogP contribution in [-0.4, -0.2) is 33.3 Å². The number of aliphatic hydroxyl groups excluding tert-OH is 2. The lowest BCUT2D eigenvalue weighted by Gasteiger charge is -2.19. The molecule has 0 aliphatic heterocycles. The number of aliphatic carboxylic acids is 1. The molecule has 0 aliphatic carbocycles. The molecule has 0 heterocycles. The van der Waals surface area contributed by atoms with Gasteiger partial charge < -0.3 is 15.3 Å². The molecule has 0 spiro atoms. The summed E-state index contributed by atoms with van der Waals surface area (Å²) in [5, 5.41) is 28.2.